The number of esters is 2. The van der Waals surface area contributed by atoms with E-state index >= 15 is 0 Å². The van der Waals surface area contributed by atoms with Gasteiger partial charge in [-0.25, -0.2) is 0 Å². The summed E-state index contributed by atoms with van der Waals surface area (Å²) in [5.74, 6) is -1.75. The molecule has 2 unspecified atom stereocenters. The zero-order valence-corrected chi connectivity index (χ0v) is 34.5. The molecule has 0 radical (unpaired) electrons. The van der Waals surface area contributed by atoms with Gasteiger partial charge in [-0.05, 0) is 38.5 Å². The number of aliphatic carboxylic acids is 1. The van der Waals surface area contributed by atoms with Gasteiger partial charge >= 0.3 is 11.9 Å². The summed E-state index contributed by atoms with van der Waals surface area (Å²) in [6.07, 6.45) is 37.6. The zero-order chi connectivity index (χ0) is 38.5. The van der Waals surface area contributed by atoms with Gasteiger partial charge in [-0.1, -0.05) is 154 Å². The molecule has 0 fully saturated rings. The Morgan fingerprint density at radius 1 is 0.577 bits per heavy atom. The number of hydrogen-bond acceptors (Lipinski definition) is 7. The Balaban J connectivity index is 4.37. The van der Waals surface area contributed by atoms with Crippen molar-refractivity contribution in [3.63, 3.8) is 0 Å². The first-order chi connectivity index (χ1) is 25.1. The third kappa shape index (κ3) is 33.6. The van der Waals surface area contributed by atoms with Crippen molar-refractivity contribution in [2.75, 3.05) is 41.0 Å². The highest BCUT2D eigenvalue weighted by Crippen LogP contribution is 2.15. The number of allylic oxidation sites excluding steroid dienone is 4. The Morgan fingerprint density at radius 2 is 1.04 bits per heavy atom. The van der Waals surface area contributed by atoms with Crippen molar-refractivity contribution in [3.8, 4) is 0 Å². The van der Waals surface area contributed by atoms with Gasteiger partial charge in [-0.3, -0.25) is 9.59 Å². The Hall–Kier alpha value is -2.19. The summed E-state index contributed by atoms with van der Waals surface area (Å²) < 4.78 is 17.1. The smallest absolute Gasteiger partial charge is 0.306 e. The SMILES string of the molecule is CCCC/C=C\C/C=C\CCCCCCCC(=O)OC(COCCC(C(=O)[O-])[N+](C)(C)C)COC(=O)CCCCCCCCCCCCCCCC. The van der Waals surface area contributed by atoms with Gasteiger partial charge in [0.1, 0.15) is 12.6 Å². The fourth-order valence-corrected chi connectivity index (χ4v) is 6.20. The van der Waals surface area contributed by atoms with Gasteiger partial charge < -0.3 is 28.6 Å². The van der Waals surface area contributed by atoms with Crippen molar-refractivity contribution in [1.82, 2.24) is 0 Å². The van der Waals surface area contributed by atoms with Crippen LogP contribution >= 0.6 is 0 Å². The maximum Gasteiger partial charge on any atom is 0.306 e. The van der Waals surface area contributed by atoms with Crippen molar-refractivity contribution in [1.29, 1.82) is 0 Å². The van der Waals surface area contributed by atoms with E-state index in [-0.39, 0.29) is 42.7 Å². The van der Waals surface area contributed by atoms with Crippen molar-refractivity contribution in [3.05, 3.63) is 24.3 Å². The predicted molar refractivity (Wildman–Crippen MR) is 213 cm³/mol. The summed E-state index contributed by atoms with van der Waals surface area (Å²) in [6, 6.07) is -0.725. The molecule has 8 heteroatoms. The fraction of sp³-hybridized carbons (Fsp3) is 0.841. The van der Waals surface area contributed by atoms with Crippen LogP contribution in [0.4, 0.5) is 0 Å². The summed E-state index contributed by atoms with van der Waals surface area (Å²) in [5.41, 5.74) is 0. The minimum Gasteiger partial charge on any atom is -0.544 e. The molecule has 0 aromatic heterocycles. The minimum absolute atomic E-state index is 0.0385. The molecule has 0 aromatic carbocycles. The molecule has 304 valence electrons. The molecule has 0 N–H and O–H groups in total. The normalized spacial score (nSPS) is 13.2. The van der Waals surface area contributed by atoms with E-state index in [2.05, 4.69) is 38.2 Å². The molecule has 0 saturated heterocycles. The summed E-state index contributed by atoms with van der Waals surface area (Å²) >= 11 is 0. The van der Waals surface area contributed by atoms with Gasteiger partial charge in [0, 0.05) is 19.3 Å². The van der Waals surface area contributed by atoms with E-state index in [9.17, 15) is 19.5 Å². The van der Waals surface area contributed by atoms with E-state index in [4.69, 9.17) is 14.2 Å². The van der Waals surface area contributed by atoms with E-state index in [0.29, 0.717) is 12.8 Å². The second-order valence-corrected chi connectivity index (χ2v) is 15.6. The molecule has 0 aliphatic rings. The van der Waals surface area contributed by atoms with Gasteiger partial charge in [-0.2, -0.15) is 0 Å². The molecule has 0 heterocycles. The van der Waals surface area contributed by atoms with Crippen LogP contribution in [0.2, 0.25) is 0 Å². The topological polar surface area (TPSA) is 102 Å². The van der Waals surface area contributed by atoms with Crippen LogP contribution in [0.3, 0.4) is 0 Å². The number of hydrogen-bond donors (Lipinski definition) is 0. The van der Waals surface area contributed by atoms with Crippen molar-refractivity contribution in [2.24, 2.45) is 0 Å². The van der Waals surface area contributed by atoms with Crippen LogP contribution < -0.4 is 5.11 Å². The summed E-state index contributed by atoms with van der Waals surface area (Å²) in [7, 11) is 5.40. The number of quaternary nitrogens is 1. The van der Waals surface area contributed by atoms with E-state index in [1.54, 1.807) is 21.1 Å². The monoisotopic (exact) mass is 736 g/mol. The zero-order valence-electron chi connectivity index (χ0n) is 34.5. The lowest BCUT2D eigenvalue weighted by Gasteiger charge is -2.34. The standard InChI is InChI=1S/C44H81NO7/c1-6-8-10-12-14-16-18-20-22-24-26-28-30-32-34-42(46)51-39-40(38-50-37-36-41(44(48)49)45(3,4)5)52-43(47)35-33-31-29-27-25-23-21-19-17-15-13-11-9-7-2/h13,15,19,21,40-41H,6-12,14,16-18,20,22-39H2,1-5H3/b15-13-,21-19-. The molecule has 52 heavy (non-hydrogen) atoms. The van der Waals surface area contributed by atoms with Crippen molar-refractivity contribution >= 4 is 17.9 Å². The maximum absolute atomic E-state index is 12.7. The van der Waals surface area contributed by atoms with Crippen molar-refractivity contribution < 1.29 is 38.2 Å². The third-order valence-electron chi connectivity index (χ3n) is 9.59. The van der Waals surface area contributed by atoms with Gasteiger partial charge in [0.15, 0.2) is 6.10 Å². The van der Waals surface area contributed by atoms with Crippen molar-refractivity contribution in [2.45, 2.75) is 199 Å². The molecular formula is C44H81NO7. The Labute approximate surface area is 320 Å². The quantitative estimate of drug-likeness (QED) is 0.0269. The van der Waals surface area contributed by atoms with Crippen LogP contribution in [-0.2, 0) is 28.6 Å². The average Bonchev–Trinajstić information content (AvgIpc) is 3.09. The molecule has 0 saturated carbocycles. The number of carboxylic acids is 1. The number of carbonyl (C=O) groups excluding carboxylic acids is 3. The molecule has 0 aromatic rings. The van der Waals surface area contributed by atoms with Crippen LogP contribution in [0.25, 0.3) is 0 Å². The molecule has 2 atom stereocenters. The second kappa shape index (κ2) is 35.8. The summed E-state index contributed by atoms with van der Waals surface area (Å²) in [4.78, 5) is 36.8. The first kappa shape index (κ1) is 49.8. The molecule has 0 amide bonds. The number of nitrogens with zero attached hydrogens (tertiary/aromatic N) is 1. The number of likely N-dealkylation sites (N-methyl/N-ethyl adjacent to an activating group) is 1. The van der Waals surface area contributed by atoms with E-state index in [1.807, 2.05) is 0 Å². The Bertz CT molecular complexity index is 911. The second-order valence-electron chi connectivity index (χ2n) is 15.6. The van der Waals surface area contributed by atoms with Gasteiger partial charge in [-0.15, -0.1) is 0 Å². The summed E-state index contributed by atoms with van der Waals surface area (Å²) in [5, 5.41) is 11.6. The van der Waals surface area contributed by atoms with Crippen LogP contribution in [0.15, 0.2) is 24.3 Å². The predicted octanol–water partition coefficient (Wildman–Crippen LogP) is 9.97. The third-order valence-corrected chi connectivity index (χ3v) is 9.59. The van der Waals surface area contributed by atoms with Crippen LogP contribution in [0.5, 0.6) is 0 Å². The van der Waals surface area contributed by atoms with E-state index in [1.165, 1.54) is 89.9 Å². The number of carboxylic acid groups (broad SMARTS) is 1. The van der Waals surface area contributed by atoms with Gasteiger partial charge in [0.25, 0.3) is 0 Å². The van der Waals surface area contributed by atoms with Crippen LogP contribution in [0, 0.1) is 0 Å². The lowest BCUT2D eigenvalue weighted by atomic mass is 10.0. The molecule has 8 nitrogen and oxygen atoms in total. The number of ether oxygens (including phenoxy) is 3. The molecule has 0 aliphatic heterocycles. The molecule has 0 bridgehead atoms. The Morgan fingerprint density at radius 3 is 1.54 bits per heavy atom. The van der Waals surface area contributed by atoms with Crippen LogP contribution in [-0.4, -0.2) is 75.5 Å². The largest absolute Gasteiger partial charge is 0.544 e. The molecular weight excluding hydrogens is 654 g/mol. The minimum atomic E-state index is -1.13. The lowest BCUT2D eigenvalue weighted by molar-refractivity contribution is -0.889. The highest BCUT2D eigenvalue weighted by Gasteiger charge is 2.25. The van der Waals surface area contributed by atoms with Crippen LogP contribution in [0.1, 0.15) is 187 Å². The fourth-order valence-electron chi connectivity index (χ4n) is 6.20. The first-order valence-corrected chi connectivity index (χ1v) is 21.4. The molecule has 0 spiro atoms. The average molecular weight is 736 g/mol. The maximum atomic E-state index is 12.7. The highest BCUT2D eigenvalue weighted by molar-refractivity contribution is 5.70. The van der Waals surface area contributed by atoms with Gasteiger partial charge in [0.05, 0.1) is 40.3 Å². The summed E-state index contributed by atoms with van der Waals surface area (Å²) in [6.45, 7) is 4.61. The first-order valence-electron chi connectivity index (χ1n) is 21.4. The number of carbonyl (C=O) groups is 3. The number of rotatable bonds is 38. The van der Waals surface area contributed by atoms with Gasteiger partial charge in [0.2, 0.25) is 0 Å². The molecule has 0 aliphatic carbocycles. The number of unbranched alkanes of at least 4 members (excludes halogenated alkanes) is 20. The lowest BCUT2D eigenvalue weighted by Crippen LogP contribution is -2.55. The van der Waals surface area contributed by atoms with E-state index in [0.717, 1.165) is 64.2 Å². The highest BCUT2D eigenvalue weighted by atomic mass is 16.6. The molecule has 0 rings (SSSR count). The Kier molecular flexibility index (Phi) is 34.3. The van der Waals surface area contributed by atoms with E-state index < -0.39 is 18.1 Å².